The van der Waals surface area contributed by atoms with E-state index in [0.717, 1.165) is 10.9 Å². The van der Waals surface area contributed by atoms with Crippen LogP contribution >= 0.6 is 11.6 Å². The lowest BCUT2D eigenvalue weighted by atomic mass is 10.0. The minimum atomic E-state index is -0.399. The number of nitrogens with zero attached hydrogens (tertiary/aromatic N) is 1. The molecule has 0 atom stereocenters. The van der Waals surface area contributed by atoms with E-state index < -0.39 is 5.82 Å². The molecule has 0 bridgehead atoms. The van der Waals surface area contributed by atoms with E-state index in [2.05, 4.69) is 4.98 Å². The van der Waals surface area contributed by atoms with Gasteiger partial charge in [0.1, 0.15) is 5.82 Å². The van der Waals surface area contributed by atoms with Crippen molar-refractivity contribution in [1.82, 2.24) is 4.98 Å². The summed E-state index contributed by atoms with van der Waals surface area (Å²) in [6, 6.07) is 10.1. The maximum absolute atomic E-state index is 14.2. The van der Waals surface area contributed by atoms with Gasteiger partial charge in [0.05, 0.1) is 36.0 Å². The van der Waals surface area contributed by atoms with Crippen molar-refractivity contribution >= 4 is 22.5 Å². The number of ether oxygens (including phenoxy) is 2. The van der Waals surface area contributed by atoms with E-state index in [9.17, 15) is 4.39 Å². The Labute approximate surface area is 138 Å². The average molecular weight is 332 g/mol. The number of hydrogen-bond donors (Lipinski definition) is 0. The highest BCUT2D eigenvalue weighted by Gasteiger charge is 2.15. The van der Waals surface area contributed by atoms with Crippen molar-refractivity contribution in [2.24, 2.45) is 0 Å². The molecule has 0 saturated carbocycles. The molecule has 23 heavy (non-hydrogen) atoms. The van der Waals surface area contributed by atoms with Crippen LogP contribution in [0.3, 0.4) is 0 Å². The third-order valence-corrected chi connectivity index (χ3v) is 4.05. The van der Waals surface area contributed by atoms with E-state index in [0.29, 0.717) is 33.3 Å². The van der Waals surface area contributed by atoms with E-state index >= 15 is 0 Å². The molecule has 3 rings (SSSR count). The monoisotopic (exact) mass is 331 g/mol. The van der Waals surface area contributed by atoms with Crippen molar-refractivity contribution < 1.29 is 13.9 Å². The number of halogens is 2. The lowest BCUT2D eigenvalue weighted by molar-refractivity contribution is 0.356. The molecule has 0 aliphatic rings. The van der Waals surface area contributed by atoms with Crippen LogP contribution in [0.25, 0.3) is 22.2 Å². The first kappa shape index (κ1) is 15.6. The Morgan fingerprint density at radius 2 is 1.74 bits per heavy atom. The van der Waals surface area contributed by atoms with Gasteiger partial charge in [-0.05, 0) is 36.8 Å². The summed E-state index contributed by atoms with van der Waals surface area (Å²) in [4.78, 5) is 4.55. The normalized spacial score (nSPS) is 10.8. The van der Waals surface area contributed by atoms with Crippen LogP contribution in [0.4, 0.5) is 4.39 Å². The summed E-state index contributed by atoms with van der Waals surface area (Å²) in [5, 5.41) is 1.25. The lowest BCUT2D eigenvalue weighted by Crippen LogP contribution is -1.95. The summed E-state index contributed by atoms with van der Waals surface area (Å²) in [5.41, 5.74) is 2.43. The van der Waals surface area contributed by atoms with Crippen molar-refractivity contribution in [2.45, 2.75) is 6.92 Å². The van der Waals surface area contributed by atoms with Gasteiger partial charge in [0.25, 0.3) is 0 Å². The fourth-order valence-electron chi connectivity index (χ4n) is 2.59. The maximum Gasteiger partial charge on any atom is 0.162 e. The highest BCUT2D eigenvalue weighted by atomic mass is 35.5. The average Bonchev–Trinajstić information content (AvgIpc) is 2.53. The van der Waals surface area contributed by atoms with Gasteiger partial charge in [0, 0.05) is 11.5 Å². The van der Waals surface area contributed by atoms with Gasteiger partial charge in [-0.15, -0.1) is 0 Å². The van der Waals surface area contributed by atoms with Crippen molar-refractivity contribution in [1.29, 1.82) is 0 Å². The summed E-state index contributed by atoms with van der Waals surface area (Å²) < 4.78 is 24.8. The molecule has 1 heterocycles. The van der Waals surface area contributed by atoms with Crippen LogP contribution in [0.2, 0.25) is 5.02 Å². The molecule has 5 heteroatoms. The van der Waals surface area contributed by atoms with Crippen molar-refractivity contribution in [3.05, 3.63) is 52.8 Å². The number of methoxy groups -OCH3 is 2. The van der Waals surface area contributed by atoms with Gasteiger partial charge in [-0.25, -0.2) is 9.37 Å². The van der Waals surface area contributed by atoms with Crippen molar-refractivity contribution in [3.63, 3.8) is 0 Å². The second kappa shape index (κ2) is 6.05. The third-order valence-electron chi connectivity index (χ3n) is 3.74. The lowest BCUT2D eigenvalue weighted by Gasteiger charge is -2.12. The number of fused-ring (bicyclic) bond motifs is 1. The molecule has 0 unspecified atom stereocenters. The van der Waals surface area contributed by atoms with Crippen LogP contribution in [-0.2, 0) is 0 Å². The molecule has 118 valence electrons. The first-order valence-electron chi connectivity index (χ1n) is 7.03. The highest BCUT2D eigenvalue weighted by molar-refractivity contribution is 6.33. The Balaban J connectivity index is 2.29. The number of aromatic nitrogens is 1. The van der Waals surface area contributed by atoms with Gasteiger partial charge < -0.3 is 9.47 Å². The van der Waals surface area contributed by atoms with Crippen molar-refractivity contribution in [2.75, 3.05) is 14.2 Å². The van der Waals surface area contributed by atoms with E-state index in [4.69, 9.17) is 21.1 Å². The molecule has 3 aromatic rings. The second-order valence-electron chi connectivity index (χ2n) is 5.15. The van der Waals surface area contributed by atoms with Crippen LogP contribution in [0.5, 0.6) is 11.5 Å². The minimum Gasteiger partial charge on any atom is -0.493 e. The Morgan fingerprint density at radius 3 is 2.39 bits per heavy atom. The molecule has 0 radical (unpaired) electrons. The zero-order valence-electron chi connectivity index (χ0n) is 13.0. The molecule has 0 N–H and O–H groups in total. The standard InChI is InChI=1S/C18H15ClFNO2/c1-10-7-15(18-12(19)5-4-6-13(18)20)21-14-9-17(23-3)16(22-2)8-11(10)14/h4-9H,1-3H3. The molecule has 0 aliphatic carbocycles. The maximum atomic E-state index is 14.2. The summed E-state index contributed by atoms with van der Waals surface area (Å²) in [6.45, 7) is 1.94. The topological polar surface area (TPSA) is 31.4 Å². The second-order valence-corrected chi connectivity index (χ2v) is 5.55. The van der Waals surface area contributed by atoms with Crippen molar-refractivity contribution in [3.8, 4) is 22.8 Å². The first-order chi connectivity index (χ1) is 11.0. The number of hydrogen-bond acceptors (Lipinski definition) is 3. The van der Waals surface area contributed by atoms with Crippen LogP contribution in [0.15, 0.2) is 36.4 Å². The molecule has 0 amide bonds. The van der Waals surface area contributed by atoms with Crippen LogP contribution in [0.1, 0.15) is 5.56 Å². The van der Waals surface area contributed by atoms with E-state index in [-0.39, 0.29) is 0 Å². The minimum absolute atomic E-state index is 0.300. The zero-order chi connectivity index (χ0) is 16.6. The van der Waals surface area contributed by atoms with Crippen LogP contribution in [-0.4, -0.2) is 19.2 Å². The molecule has 0 spiro atoms. The summed E-state index contributed by atoms with van der Waals surface area (Å²) >= 11 is 6.15. The highest BCUT2D eigenvalue weighted by Crippen LogP contribution is 2.36. The molecule has 1 aromatic heterocycles. The molecule has 2 aromatic carbocycles. The Bertz CT molecular complexity index is 876. The molecule has 0 fully saturated rings. The Morgan fingerprint density at radius 1 is 1.04 bits per heavy atom. The molecule has 0 saturated heterocycles. The number of benzene rings is 2. The fraction of sp³-hybridized carbons (Fsp3) is 0.167. The molecular formula is C18H15ClFNO2. The largest absolute Gasteiger partial charge is 0.493 e. The van der Waals surface area contributed by atoms with E-state index in [1.54, 1.807) is 32.4 Å². The summed E-state index contributed by atoms with van der Waals surface area (Å²) in [7, 11) is 3.15. The van der Waals surface area contributed by atoms with Crippen LogP contribution < -0.4 is 9.47 Å². The molecule has 3 nitrogen and oxygen atoms in total. The quantitative estimate of drug-likeness (QED) is 0.675. The Hall–Kier alpha value is -2.33. The SMILES string of the molecule is COc1cc2nc(-c3c(F)cccc3Cl)cc(C)c2cc1OC. The summed E-state index contributed by atoms with van der Waals surface area (Å²) in [5.74, 6) is 0.800. The van der Waals surface area contributed by atoms with E-state index in [1.165, 1.54) is 6.07 Å². The zero-order valence-corrected chi connectivity index (χ0v) is 13.7. The van der Waals surface area contributed by atoms with Gasteiger partial charge in [-0.1, -0.05) is 17.7 Å². The van der Waals surface area contributed by atoms with Gasteiger partial charge in [0.2, 0.25) is 0 Å². The van der Waals surface area contributed by atoms with Gasteiger partial charge in [-0.3, -0.25) is 0 Å². The number of pyridine rings is 1. The first-order valence-corrected chi connectivity index (χ1v) is 7.40. The Kier molecular flexibility index (Phi) is 4.09. The third kappa shape index (κ3) is 2.70. The predicted octanol–water partition coefficient (Wildman–Crippen LogP) is 5.02. The fourth-order valence-corrected chi connectivity index (χ4v) is 2.85. The van der Waals surface area contributed by atoms with Crippen LogP contribution in [0, 0.1) is 12.7 Å². The predicted molar refractivity (Wildman–Crippen MR) is 90.0 cm³/mol. The summed E-state index contributed by atoms with van der Waals surface area (Å²) in [6.07, 6.45) is 0. The molecule has 0 aliphatic heterocycles. The molecular weight excluding hydrogens is 317 g/mol. The van der Waals surface area contributed by atoms with Gasteiger partial charge in [0.15, 0.2) is 11.5 Å². The van der Waals surface area contributed by atoms with Gasteiger partial charge in [-0.2, -0.15) is 0 Å². The van der Waals surface area contributed by atoms with E-state index in [1.807, 2.05) is 19.1 Å². The van der Waals surface area contributed by atoms with Gasteiger partial charge >= 0.3 is 0 Å². The smallest absolute Gasteiger partial charge is 0.162 e. The number of rotatable bonds is 3. The number of aryl methyl sites for hydroxylation is 1.